The smallest absolute Gasteiger partial charge is 0.350 e. The number of thiazole rings is 1. The van der Waals surface area contributed by atoms with E-state index >= 15 is 0 Å². The van der Waals surface area contributed by atoms with Gasteiger partial charge in [0.1, 0.15) is 5.69 Å². The number of hydrogen-bond donors (Lipinski definition) is 0. The Hall–Kier alpha value is -3.70. The number of rotatable bonds is 4. The van der Waals surface area contributed by atoms with Crippen molar-refractivity contribution in [1.29, 1.82) is 0 Å². The van der Waals surface area contributed by atoms with Crippen LogP contribution in [0.25, 0.3) is 22.0 Å². The minimum atomic E-state index is -4.41. The van der Waals surface area contributed by atoms with Crippen LogP contribution in [0.5, 0.6) is 0 Å². The van der Waals surface area contributed by atoms with Gasteiger partial charge < -0.3 is 14.4 Å². The molecule has 2 aromatic carbocycles. The fraction of sp³-hybridized carbons (Fsp3) is 0.321. The summed E-state index contributed by atoms with van der Waals surface area (Å²) in [6, 6.07) is 10.9. The normalized spacial score (nSPS) is 17.0. The predicted molar refractivity (Wildman–Crippen MR) is 143 cm³/mol. The number of alkyl halides is 3. The summed E-state index contributed by atoms with van der Waals surface area (Å²) < 4.78 is 41.6. The van der Waals surface area contributed by atoms with Crippen molar-refractivity contribution in [1.82, 2.24) is 24.3 Å². The van der Waals surface area contributed by atoms with Gasteiger partial charge in [-0.25, -0.2) is 4.98 Å². The number of halogens is 3. The van der Waals surface area contributed by atoms with Gasteiger partial charge in [-0.1, -0.05) is 18.2 Å². The van der Waals surface area contributed by atoms with E-state index in [1.54, 1.807) is 29.2 Å². The van der Waals surface area contributed by atoms with Crippen LogP contribution in [0.4, 0.5) is 13.2 Å². The van der Waals surface area contributed by atoms with E-state index in [0.717, 1.165) is 36.1 Å². The number of piperazine rings is 1. The molecule has 2 aliphatic heterocycles. The number of carbonyl (C=O) groups is 2. The van der Waals surface area contributed by atoms with Crippen LogP contribution in [0.15, 0.2) is 59.6 Å². The Kier molecular flexibility index (Phi) is 6.43. The maximum Gasteiger partial charge on any atom is 0.416 e. The van der Waals surface area contributed by atoms with E-state index in [9.17, 15) is 22.8 Å². The van der Waals surface area contributed by atoms with Gasteiger partial charge in [0.2, 0.25) is 0 Å². The van der Waals surface area contributed by atoms with E-state index in [-0.39, 0.29) is 17.9 Å². The molecule has 0 atom stereocenters. The Labute approximate surface area is 227 Å². The highest BCUT2D eigenvalue weighted by atomic mass is 32.1. The van der Waals surface area contributed by atoms with Gasteiger partial charge in [0.25, 0.3) is 11.8 Å². The van der Waals surface area contributed by atoms with Crippen molar-refractivity contribution in [3.63, 3.8) is 0 Å². The van der Waals surface area contributed by atoms with Crippen molar-refractivity contribution in [2.45, 2.75) is 12.2 Å². The number of nitrogens with zero attached hydrogens (tertiary/aromatic N) is 5. The van der Waals surface area contributed by atoms with Gasteiger partial charge in [0.15, 0.2) is 0 Å². The Balaban J connectivity index is 1.10. The van der Waals surface area contributed by atoms with Gasteiger partial charge in [-0.05, 0) is 29.8 Å². The van der Waals surface area contributed by atoms with Crippen LogP contribution in [0.3, 0.4) is 0 Å². The predicted octanol–water partition coefficient (Wildman–Crippen LogP) is 4.60. The first kappa shape index (κ1) is 25.6. The van der Waals surface area contributed by atoms with Crippen molar-refractivity contribution in [3.8, 4) is 11.1 Å². The van der Waals surface area contributed by atoms with E-state index in [2.05, 4.69) is 9.88 Å². The highest BCUT2D eigenvalue weighted by Gasteiger charge is 2.37. The van der Waals surface area contributed by atoms with Crippen molar-refractivity contribution >= 4 is 34.1 Å². The topological polar surface area (TPSA) is 61.7 Å². The molecule has 2 aromatic heterocycles. The number of likely N-dealkylation sites (tertiary alicyclic amines) is 1. The zero-order valence-corrected chi connectivity index (χ0v) is 22.0. The molecule has 7 nitrogen and oxygen atoms in total. The second kappa shape index (κ2) is 9.80. The first-order valence-corrected chi connectivity index (χ1v) is 13.6. The fourth-order valence-corrected chi connectivity index (χ4v) is 5.94. The highest BCUT2D eigenvalue weighted by Crippen LogP contribution is 2.36. The molecule has 0 spiro atoms. The van der Waals surface area contributed by atoms with Gasteiger partial charge in [0, 0.05) is 86.0 Å². The average Bonchev–Trinajstić information content (AvgIpc) is 3.56. The summed E-state index contributed by atoms with van der Waals surface area (Å²) in [5, 5.41) is 2.56. The molecular weight excluding hydrogens is 527 g/mol. The third kappa shape index (κ3) is 4.80. The van der Waals surface area contributed by atoms with Gasteiger partial charge in [-0.3, -0.25) is 14.5 Å². The van der Waals surface area contributed by atoms with E-state index in [1.807, 2.05) is 33.5 Å². The number of amides is 2. The molecular formula is C28H26F3N5O2S. The molecule has 0 radical (unpaired) electrons. The van der Waals surface area contributed by atoms with Crippen molar-refractivity contribution < 1.29 is 22.8 Å². The summed E-state index contributed by atoms with van der Waals surface area (Å²) in [6.45, 7) is 4.05. The third-order valence-corrected chi connectivity index (χ3v) is 8.24. The SMILES string of the molecule is Cn1cc(-c2cccc(C(F)(F)F)c2)c2ccc(C(=O)N3CC(N4CCN(C(=O)c5cscn5)CC4)C3)cc21. The molecule has 2 saturated heterocycles. The number of aryl methyl sites for hydroxylation is 1. The lowest BCUT2D eigenvalue weighted by atomic mass is 10.00. The maximum absolute atomic E-state index is 13.2. The van der Waals surface area contributed by atoms with Crippen molar-refractivity contribution in [2.24, 2.45) is 7.05 Å². The first-order valence-electron chi connectivity index (χ1n) is 12.7. The average molecular weight is 554 g/mol. The van der Waals surface area contributed by atoms with Crippen molar-refractivity contribution in [3.05, 3.63) is 76.4 Å². The molecule has 2 aliphatic rings. The second-order valence-corrected chi connectivity index (χ2v) is 10.7. The number of carbonyl (C=O) groups excluding carboxylic acids is 2. The van der Waals surface area contributed by atoms with Crippen LogP contribution < -0.4 is 0 Å². The summed E-state index contributed by atoms with van der Waals surface area (Å²) in [4.78, 5) is 35.8. The Morgan fingerprint density at radius 2 is 1.74 bits per heavy atom. The third-order valence-electron chi connectivity index (χ3n) is 7.66. The molecule has 0 saturated carbocycles. The summed E-state index contributed by atoms with van der Waals surface area (Å²) >= 11 is 1.41. The summed E-state index contributed by atoms with van der Waals surface area (Å²) in [6.07, 6.45) is -2.62. The minimum Gasteiger partial charge on any atom is -0.350 e. The second-order valence-electron chi connectivity index (χ2n) is 10.0. The molecule has 0 N–H and O–H groups in total. The number of aromatic nitrogens is 2. The molecule has 6 rings (SSSR count). The van der Waals surface area contributed by atoms with Gasteiger partial charge >= 0.3 is 6.18 Å². The fourth-order valence-electron chi connectivity index (χ4n) is 5.42. The molecule has 11 heteroatoms. The van der Waals surface area contributed by atoms with E-state index in [1.165, 1.54) is 17.4 Å². The molecule has 0 unspecified atom stereocenters. The lowest BCUT2D eigenvalue weighted by molar-refractivity contribution is -0.137. The van der Waals surface area contributed by atoms with Crippen molar-refractivity contribution in [2.75, 3.05) is 39.3 Å². The molecule has 2 fully saturated rings. The molecule has 39 heavy (non-hydrogen) atoms. The molecule has 202 valence electrons. The Bertz CT molecular complexity index is 1530. The van der Waals surface area contributed by atoms with Gasteiger partial charge in [-0.15, -0.1) is 11.3 Å². The van der Waals surface area contributed by atoms with E-state index in [0.29, 0.717) is 48.6 Å². The Morgan fingerprint density at radius 3 is 2.44 bits per heavy atom. The van der Waals surface area contributed by atoms with Gasteiger partial charge in [0.05, 0.1) is 11.1 Å². The van der Waals surface area contributed by atoms with E-state index in [4.69, 9.17) is 0 Å². The zero-order valence-electron chi connectivity index (χ0n) is 21.2. The zero-order chi connectivity index (χ0) is 27.3. The summed E-state index contributed by atoms with van der Waals surface area (Å²) in [5.74, 6) is -0.0964. The summed E-state index contributed by atoms with van der Waals surface area (Å²) in [7, 11) is 1.83. The minimum absolute atomic E-state index is 0.0337. The lowest BCUT2D eigenvalue weighted by Crippen LogP contribution is -2.64. The first-order chi connectivity index (χ1) is 18.7. The molecule has 4 aromatic rings. The van der Waals surface area contributed by atoms with Crippen LogP contribution in [0.1, 0.15) is 26.4 Å². The molecule has 4 heterocycles. The number of hydrogen-bond acceptors (Lipinski definition) is 5. The lowest BCUT2D eigenvalue weighted by Gasteiger charge is -2.48. The summed E-state index contributed by atoms with van der Waals surface area (Å²) in [5.41, 5.74) is 3.97. The van der Waals surface area contributed by atoms with Crippen LogP contribution in [0.2, 0.25) is 0 Å². The molecule has 2 amide bonds. The molecule has 0 aliphatic carbocycles. The molecule has 0 bridgehead atoms. The number of fused-ring (bicyclic) bond motifs is 1. The standard InChI is InChI=1S/C28H26F3N5O2S/c1-33-15-23(18-3-2-4-20(11-18)28(29,30)31)22-6-5-19(12-25(22)33)26(37)36-13-21(14-36)34-7-9-35(10-8-34)27(38)24-16-39-17-32-24/h2-6,11-12,15-17,21H,7-10,13-14H2,1H3. The highest BCUT2D eigenvalue weighted by molar-refractivity contribution is 7.07. The van der Waals surface area contributed by atoms with E-state index < -0.39 is 11.7 Å². The van der Waals surface area contributed by atoms with Crippen LogP contribution >= 0.6 is 11.3 Å². The maximum atomic E-state index is 13.2. The largest absolute Gasteiger partial charge is 0.416 e. The van der Waals surface area contributed by atoms with Crippen LogP contribution in [-0.2, 0) is 13.2 Å². The quantitative estimate of drug-likeness (QED) is 0.371. The monoisotopic (exact) mass is 553 g/mol. The number of benzene rings is 2. The van der Waals surface area contributed by atoms with Crippen LogP contribution in [0, 0.1) is 0 Å². The van der Waals surface area contributed by atoms with Crippen LogP contribution in [-0.4, -0.2) is 81.4 Å². The van der Waals surface area contributed by atoms with Gasteiger partial charge in [-0.2, -0.15) is 13.2 Å². The Morgan fingerprint density at radius 1 is 0.974 bits per heavy atom.